The van der Waals surface area contributed by atoms with Crippen molar-refractivity contribution in [3.05, 3.63) is 30.1 Å². The van der Waals surface area contributed by atoms with Crippen molar-refractivity contribution < 1.29 is 14.6 Å². The quantitative estimate of drug-likeness (QED) is 0.753. The van der Waals surface area contributed by atoms with Crippen LogP contribution in [0.1, 0.15) is 36.5 Å². The Morgan fingerprint density at radius 2 is 2.15 bits per heavy atom. The van der Waals surface area contributed by atoms with Crippen molar-refractivity contribution in [1.82, 2.24) is 9.55 Å². The zero-order valence-electron chi connectivity index (χ0n) is 11.7. The molecule has 108 valence electrons. The van der Waals surface area contributed by atoms with Gasteiger partial charge in [-0.15, -0.1) is 0 Å². The number of aromatic nitrogens is 2. The topological polar surface area (TPSA) is 64.4 Å². The van der Waals surface area contributed by atoms with Gasteiger partial charge in [-0.05, 0) is 25.0 Å². The lowest BCUT2D eigenvalue weighted by Crippen LogP contribution is -2.03. The minimum Gasteiger partial charge on any atom is -0.478 e. The molecule has 1 aromatic heterocycles. The third-order valence-corrected chi connectivity index (χ3v) is 3.21. The van der Waals surface area contributed by atoms with E-state index in [2.05, 4.69) is 11.9 Å². The highest BCUT2D eigenvalue weighted by atomic mass is 16.5. The average molecular weight is 276 g/mol. The molecule has 1 N–H and O–H groups in total. The lowest BCUT2D eigenvalue weighted by molar-refractivity contribution is 0.0699. The van der Waals surface area contributed by atoms with E-state index >= 15 is 0 Å². The van der Waals surface area contributed by atoms with Gasteiger partial charge in [-0.1, -0.05) is 19.4 Å². The van der Waals surface area contributed by atoms with E-state index in [1.165, 1.54) is 0 Å². The highest BCUT2D eigenvalue weighted by molar-refractivity contribution is 6.00. The number of imidazole rings is 1. The minimum atomic E-state index is -0.941. The molecule has 5 nitrogen and oxygen atoms in total. The first-order valence-corrected chi connectivity index (χ1v) is 6.99. The monoisotopic (exact) mass is 276 g/mol. The second-order valence-corrected chi connectivity index (χ2v) is 4.74. The Kier molecular flexibility index (Phi) is 5.12. The molecule has 0 saturated heterocycles. The number of ether oxygens (including phenoxy) is 1. The van der Waals surface area contributed by atoms with Gasteiger partial charge in [0.1, 0.15) is 5.52 Å². The first-order valence-electron chi connectivity index (χ1n) is 6.99. The molecule has 2 rings (SSSR count). The van der Waals surface area contributed by atoms with E-state index in [4.69, 9.17) is 9.84 Å². The van der Waals surface area contributed by atoms with Gasteiger partial charge in [0.05, 0.1) is 17.4 Å². The Labute approximate surface area is 118 Å². The second kappa shape index (κ2) is 7.05. The molecular formula is C15H20N2O3. The molecular weight excluding hydrogens is 256 g/mol. The fraction of sp³-hybridized carbons (Fsp3) is 0.467. The van der Waals surface area contributed by atoms with Crippen molar-refractivity contribution in [3.63, 3.8) is 0 Å². The van der Waals surface area contributed by atoms with E-state index in [1.54, 1.807) is 18.5 Å². The fourth-order valence-electron chi connectivity index (χ4n) is 2.12. The van der Waals surface area contributed by atoms with E-state index in [0.29, 0.717) is 5.52 Å². The van der Waals surface area contributed by atoms with Crippen molar-refractivity contribution in [3.8, 4) is 0 Å². The largest absolute Gasteiger partial charge is 0.478 e. The second-order valence-electron chi connectivity index (χ2n) is 4.74. The minimum absolute atomic E-state index is 0.250. The SMILES string of the molecule is CCCCOCCCn1cnc2c(C(=O)O)cccc21. The number of rotatable bonds is 8. The number of fused-ring (bicyclic) bond motifs is 1. The molecule has 0 aliphatic heterocycles. The lowest BCUT2D eigenvalue weighted by Gasteiger charge is -2.06. The molecule has 2 aromatic rings. The Hall–Kier alpha value is -1.88. The van der Waals surface area contributed by atoms with Gasteiger partial charge in [0, 0.05) is 19.8 Å². The molecule has 20 heavy (non-hydrogen) atoms. The lowest BCUT2D eigenvalue weighted by atomic mass is 10.2. The smallest absolute Gasteiger partial charge is 0.337 e. The molecule has 0 spiro atoms. The molecule has 0 radical (unpaired) electrons. The summed E-state index contributed by atoms with van der Waals surface area (Å²) < 4.78 is 7.50. The van der Waals surface area contributed by atoms with E-state index in [9.17, 15) is 4.79 Å². The fourth-order valence-corrected chi connectivity index (χ4v) is 2.12. The van der Waals surface area contributed by atoms with Crippen molar-refractivity contribution in [2.24, 2.45) is 0 Å². The van der Waals surface area contributed by atoms with Crippen molar-refractivity contribution in [1.29, 1.82) is 0 Å². The van der Waals surface area contributed by atoms with E-state index < -0.39 is 5.97 Å². The van der Waals surface area contributed by atoms with Crippen molar-refractivity contribution >= 4 is 17.0 Å². The summed E-state index contributed by atoms with van der Waals surface area (Å²) in [6.07, 6.45) is 4.83. The van der Waals surface area contributed by atoms with Crippen LogP contribution in [0.3, 0.4) is 0 Å². The maximum Gasteiger partial charge on any atom is 0.337 e. The van der Waals surface area contributed by atoms with Crippen LogP contribution in [0.2, 0.25) is 0 Å². The molecule has 0 saturated carbocycles. The normalized spacial score (nSPS) is 11.1. The summed E-state index contributed by atoms with van der Waals surface area (Å²) in [5.41, 5.74) is 1.66. The highest BCUT2D eigenvalue weighted by Crippen LogP contribution is 2.17. The van der Waals surface area contributed by atoms with Crippen LogP contribution in [0.4, 0.5) is 0 Å². The van der Waals surface area contributed by atoms with Crippen LogP contribution in [-0.2, 0) is 11.3 Å². The molecule has 0 aliphatic carbocycles. The molecule has 0 bridgehead atoms. The third-order valence-electron chi connectivity index (χ3n) is 3.21. The molecule has 1 heterocycles. The number of carbonyl (C=O) groups is 1. The molecule has 0 unspecified atom stereocenters. The predicted octanol–water partition coefficient (Wildman–Crippen LogP) is 2.94. The van der Waals surface area contributed by atoms with Crippen molar-refractivity contribution in [2.75, 3.05) is 13.2 Å². The van der Waals surface area contributed by atoms with Crippen LogP contribution in [0.25, 0.3) is 11.0 Å². The number of hydrogen-bond donors (Lipinski definition) is 1. The summed E-state index contributed by atoms with van der Waals surface area (Å²) in [6, 6.07) is 5.23. The summed E-state index contributed by atoms with van der Waals surface area (Å²) in [7, 11) is 0. The first-order chi connectivity index (χ1) is 9.74. The number of benzene rings is 1. The van der Waals surface area contributed by atoms with Gasteiger partial charge in [0.25, 0.3) is 0 Å². The number of unbranched alkanes of at least 4 members (excludes halogenated alkanes) is 1. The number of para-hydroxylation sites is 1. The van der Waals surface area contributed by atoms with Crippen LogP contribution >= 0.6 is 0 Å². The number of nitrogens with zero attached hydrogens (tertiary/aromatic N) is 2. The van der Waals surface area contributed by atoms with Crippen LogP contribution < -0.4 is 0 Å². The van der Waals surface area contributed by atoms with Gasteiger partial charge in [-0.3, -0.25) is 0 Å². The molecule has 0 aliphatic rings. The number of aryl methyl sites for hydroxylation is 1. The summed E-state index contributed by atoms with van der Waals surface area (Å²) in [5.74, 6) is -0.941. The van der Waals surface area contributed by atoms with Crippen LogP contribution in [-0.4, -0.2) is 33.8 Å². The summed E-state index contributed by atoms with van der Waals surface area (Å²) in [4.78, 5) is 15.3. The van der Waals surface area contributed by atoms with Crippen LogP contribution in [0.15, 0.2) is 24.5 Å². The van der Waals surface area contributed by atoms with Crippen LogP contribution in [0, 0.1) is 0 Å². The predicted molar refractivity (Wildman–Crippen MR) is 77.0 cm³/mol. The number of carboxylic acid groups (broad SMARTS) is 1. The summed E-state index contributed by atoms with van der Waals surface area (Å²) in [6.45, 7) is 4.45. The van der Waals surface area contributed by atoms with Gasteiger partial charge in [0.15, 0.2) is 0 Å². The maximum absolute atomic E-state index is 11.1. The average Bonchev–Trinajstić information content (AvgIpc) is 2.85. The zero-order chi connectivity index (χ0) is 14.4. The standard InChI is InChI=1S/C15H20N2O3/c1-2-3-9-20-10-5-8-17-11-16-14-12(15(18)19)6-4-7-13(14)17/h4,6-7,11H,2-3,5,8-10H2,1H3,(H,18,19). The van der Waals surface area contributed by atoms with Gasteiger partial charge in [-0.2, -0.15) is 0 Å². The summed E-state index contributed by atoms with van der Waals surface area (Å²) in [5, 5.41) is 9.12. The van der Waals surface area contributed by atoms with Gasteiger partial charge < -0.3 is 14.4 Å². The van der Waals surface area contributed by atoms with Gasteiger partial charge in [0.2, 0.25) is 0 Å². The van der Waals surface area contributed by atoms with E-state index in [-0.39, 0.29) is 5.56 Å². The number of carboxylic acids is 1. The molecule has 5 heteroatoms. The third kappa shape index (κ3) is 3.36. The maximum atomic E-state index is 11.1. The molecule has 0 atom stereocenters. The van der Waals surface area contributed by atoms with Crippen molar-refractivity contribution in [2.45, 2.75) is 32.7 Å². The number of hydrogen-bond acceptors (Lipinski definition) is 3. The number of aromatic carboxylic acids is 1. The van der Waals surface area contributed by atoms with Gasteiger partial charge >= 0.3 is 5.97 Å². The van der Waals surface area contributed by atoms with Gasteiger partial charge in [-0.25, -0.2) is 9.78 Å². The Balaban J connectivity index is 1.98. The Morgan fingerprint density at radius 3 is 2.90 bits per heavy atom. The first kappa shape index (κ1) is 14.5. The molecule has 0 fully saturated rings. The molecule has 0 amide bonds. The van der Waals surface area contributed by atoms with E-state index in [1.807, 2.05) is 10.6 Å². The van der Waals surface area contributed by atoms with E-state index in [0.717, 1.165) is 44.5 Å². The highest BCUT2D eigenvalue weighted by Gasteiger charge is 2.11. The van der Waals surface area contributed by atoms with Crippen LogP contribution in [0.5, 0.6) is 0 Å². The summed E-state index contributed by atoms with van der Waals surface area (Å²) >= 11 is 0. The Bertz CT molecular complexity index is 578. The zero-order valence-corrected chi connectivity index (χ0v) is 11.7. The molecule has 1 aromatic carbocycles. The Morgan fingerprint density at radius 1 is 1.35 bits per heavy atom.